The first kappa shape index (κ1) is 22.1. The molecule has 156 valence electrons. The Kier molecular flexibility index (Phi) is 7.65. The number of hydrogen-bond donors (Lipinski definition) is 1. The van der Waals surface area contributed by atoms with Gasteiger partial charge in [0.2, 0.25) is 0 Å². The molecule has 0 amide bonds. The number of aliphatic carboxylic acids is 1. The number of rotatable bonds is 10. The van der Waals surface area contributed by atoms with Crippen LogP contribution in [0.2, 0.25) is 0 Å². The number of carboxylic acids is 1. The van der Waals surface area contributed by atoms with Crippen LogP contribution in [0, 0.1) is 0 Å². The molecule has 0 aliphatic heterocycles. The summed E-state index contributed by atoms with van der Waals surface area (Å²) in [4.78, 5) is 23.3. The number of carboxylic acid groups (broad SMARTS) is 1. The summed E-state index contributed by atoms with van der Waals surface area (Å²) < 4.78 is 12.9. The lowest BCUT2D eigenvalue weighted by atomic mass is 10.0. The fourth-order valence-corrected chi connectivity index (χ4v) is 4.14. The molecule has 3 rings (SSSR count). The van der Waals surface area contributed by atoms with Crippen LogP contribution in [0.1, 0.15) is 47.4 Å². The van der Waals surface area contributed by atoms with Crippen molar-refractivity contribution in [3.8, 4) is 11.5 Å². The van der Waals surface area contributed by atoms with Crippen LogP contribution >= 0.6 is 27.3 Å². The highest BCUT2D eigenvalue weighted by Crippen LogP contribution is 2.34. The molecule has 1 unspecified atom stereocenters. The average Bonchev–Trinajstić information content (AvgIpc) is 3.23. The quantitative estimate of drug-likeness (QED) is 0.340. The second-order valence-corrected chi connectivity index (χ2v) is 8.33. The Balaban J connectivity index is 1.88. The zero-order valence-corrected chi connectivity index (χ0v) is 18.7. The van der Waals surface area contributed by atoms with Crippen LogP contribution in [0.15, 0.2) is 63.8 Å². The van der Waals surface area contributed by atoms with Crippen molar-refractivity contribution in [2.75, 3.05) is 0 Å². The summed E-state index contributed by atoms with van der Waals surface area (Å²) in [5, 5.41) is 13.1. The summed E-state index contributed by atoms with van der Waals surface area (Å²) in [6.45, 7) is 1.88. The first-order valence-electron chi connectivity index (χ1n) is 9.35. The number of halogens is 1. The summed E-state index contributed by atoms with van der Waals surface area (Å²) in [7, 11) is 0. The minimum Gasteiger partial charge on any atom is -0.489 e. The standard InChI is InChI=1S/C23H21BrO5S/c1-15(25)18-7-6-17(28-13-16-10-11-30-14-16)12-22(18)29-21(8-9-23(26)27)19-4-2-3-5-20(19)24/h2-7,10-12,14,21H,8-9,13H2,1H3,(H,26,27). The van der Waals surface area contributed by atoms with Crippen molar-refractivity contribution in [1.29, 1.82) is 0 Å². The van der Waals surface area contributed by atoms with Gasteiger partial charge in [0.1, 0.15) is 24.2 Å². The molecule has 0 saturated heterocycles. The fourth-order valence-electron chi connectivity index (χ4n) is 2.94. The molecule has 0 fully saturated rings. The van der Waals surface area contributed by atoms with E-state index in [4.69, 9.17) is 14.6 Å². The molecule has 2 aromatic carbocycles. The highest BCUT2D eigenvalue weighted by atomic mass is 79.9. The molecular weight excluding hydrogens is 468 g/mol. The molecule has 0 radical (unpaired) electrons. The third-order valence-electron chi connectivity index (χ3n) is 4.46. The largest absolute Gasteiger partial charge is 0.489 e. The lowest BCUT2D eigenvalue weighted by Crippen LogP contribution is -2.13. The van der Waals surface area contributed by atoms with E-state index in [1.807, 2.05) is 41.1 Å². The molecular formula is C23H21BrO5S. The first-order chi connectivity index (χ1) is 14.4. The van der Waals surface area contributed by atoms with E-state index >= 15 is 0 Å². The topological polar surface area (TPSA) is 72.8 Å². The molecule has 1 N–H and O–H groups in total. The van der Waals surface area contributed by atoms with E-state index in [1.165, 1.54) is 6.92 Å². The fraction of sp³-hybridized carbons (Fsp3) is 0.217. The van der Waals surface area contributed by atoms with Gasteiger partial charge in [-0.05, 0) is 53.9 Å². The maximum atomic E-state index is 12.2. The minimum absolute atomic E-state index is 0.0598. The van der Waals surface area contributed by atoms with Crippen LogP contribution in [0.5, 0.6) is 11.5 Å². The summed E-state index contributed by atoms with van der Waals surface area (Å²) in [5.74, 6) is -0.101. The highest BCUT2D eigenvalue weighted by molar-refractivity contribution is 9.10. The molecule has 0 aliphatic carbocycles. The highest BCUT2D eigenvalue weighted by Gasteiger charge is 2.21. The van der Waals surface area contributed by atoms with Crippen molar-refractivity contribution in [3.63, 3.8) is 0 Å². The molecule has 1 aromatic heterocycles. The minimum atomic E-state index is -0.907. The molecule has 0 spiro atoms. The molecule has 1 atom stereocenters. The van der Waals surface area contributed by atoms with Gasteiger partial charge in [0.25, 0.3) is 0 Å². The number of benzene rings is 2. The Morgan fingerprint density at radius 1 is 1.17 bits per heavy atom. The van der Waals surface area contributed by atoms with Gasteiger partial charge >= 0.3 is 5.97 Å². The summed E-state index contributed by atoms with van der Waals surface area (Å²) in [5.41, 5.74) is 2.30. The van der Waals surface area contributed by atoms with E-state index in [1.54, 1.807) is 29.5 Å². The van der Waals surface area contributed by atoms with E-state index < -0.39 is 12.1 Å². The molecule has 0 bridgehead atoms. The van der Waals surface area contributed by atoms with Crippen molar-refractivity contribution in [3.05, 3.63) is 80.5 Å². The Hall–Kier alpha value is -2.64. The second kappa shape index (κ2) is 10.4. The molecule has 5 nitrogen and oxygen atoms in total. The summed E-state index contributed by atoms with van der Waals surface area (Å²) in [6.07, 6.45) is -0.340. The Bertz CT molecular complexity index is 1020. The normalized spacial score (nSPS) is 11.7. The number of carbonyl (C=O) groups excluding carboxylic acids is 1. The lowest BCUT2D eigenvalue weighted by Gasteiger charge is -2.22. The molecule has 1 heterocycles. The smallest absolute Gasteiger partial charge is 0.303 e. The van der Waals surface area contributed by atoms with Crippen molar-refractivity contribution >= 4 is 39.0 Å². The van der Waals surface area contributed by atoms with Crippen LogP contribution < -0.4 is 9.47 Å². The summed E-state index contributed by atoms with van der Waals surface area (Å²) >= 11 is 5.11. The van der Waals surface area contributed by atoms with E-state index in [0.717, 1.165) is 15.6 Å². The number of ketones is 1. The zero-order chi connectivity index (χ0) is 21.5. The predicted molar refractivity (Wildman–Crippen MR) is 119 cm³/mol. The van der Waals surface area contributed by atoms with Gasteiger partial charge in [0, 0.05) is 22.5 Å². The van der Waals surface area contributed by atoms with Crippen molar-refractivity contribution < 1.29 is 24.2 Å². The number of ether oxygens (including phenoxy) is 2. The van der Waals surface area contributed by atoms with Gasteiger partial charge in [-0.3, -0.25) is 9.59 Å². The predicted octanol–water partition coefficient (Wildman–Crippen LogP) is 6.28. The maximum absolute atomic E-state index is 12.2. The van der Waals surface area contributed by atoms with Crippen LogP contribution in [0.25, 0.3) is 0 Å². The van der Waals surface area contributed by atoms with Gasteiger partial charge in [-0.1, -0.05) is 34.1 Å². The number of carbonyl (C=O) groups is 2. The van der Waals surface area contributed by atoms with Crippen LogP contribution in [-0.2, 0) is 11.4 Å². The lowest BCUT2D eigenvalue weighted by molar-refractivity contribution is -0.137. The van der Waals surface area contributed by atoms with Gasteiger partial charge in [-0.15, -0.1) is 0 Å². The number of Topliss-reactive ketones (excluding diaryl/α,β-unsaturated/α-hetero) is 1. The van der Waals surface area contributed by atoms with Crippen molar-refractivity contribution in [2.45, 2.75) is 32.5 Å². The maximum Gasteiger partial charge on any atom is 0.303 e. The van der Waals surface area contributed by atoms with Gasteiger partial charge in [-0.2, -0.15) is 11.3 Å². The Morgan fingerprint density at radius 3 is 2.63 bits per heavy atom. The number of thiophene rings is 1. The van der Waals surface area contributed by atoms with Gasteiger partial charge < -0.3 is 14.6 Å². The molecule has 0 saturated carbocycles. The average molecular weight is 489 g/mol. The molecule has 7 heteroatoms. The third-order valence-corrected chi connectivity index (χ3v) is 5.91. The zero-order valence-electron chi connectivity index (χ0n) is 16.3. The third kappa shape index (κ3) is 5.93. The molecule has 30 heavy (non-hydrogen) atoms. The van der Waals surface area contributed by atoms with Crippen LogP contribution in [0.4, 0.5) is 0 Å². The summed E-state index contributed by atoms with van der Waals surface area (Å²) in [6, 6.07) is 14.6. The second-order valence-electron chi connectivity index (χ2n) is 6.69. The van der Waals surface area contributed by atoms with Gasteiger partial charge in [0.15, 0.2) is 5.78 Å². The van der Waals surface area contributed by atoms with Crippen molar-refractivity contribution in [2.24, 2.45) is 0 Å². The molecule has 0 aliphatic rings. The Morgan fingerprint density at radius 2 is 1.97 bits per heavy atom. The Labute approximate surface area is 187 Å². The van der Waals surface area contributed by atoms with Crippen molar-refractivity contribution in [1.82, 2.24) is 0 Å². The monoisotopic (exact) mass is 488 g/mol. The first-order valence-corrected chi connectivity index (χ1v) is 11.1. The van der Waals surface area contributed by atoms with Crippen LogP contribution in [-0.4, -0.2) is 16.9 Å². The van der Waals surface area contributed by atoms with E-state index in [0.29, 0.717) is 23.7 Å². The van der Waals surface area contributed by atoms with Crippen LogP contribution in [0.3, 0.4) is 0 Å². The SMILES string of the molecule is CC(=O)c1ccc(OCc2ccsc2)cc1OC(CCC(=O)O)c1ccccc1Br. The van der Waals surface area contributed by atoms with E-state index in [2.05, 4.69) is 15.9 Å². The number of hydrogen-bond acceptors (Lipinski definition) is 5. The van der Waals surface area contributed by atoms with Gasteiger partial charge in [-0.25, -0.2) is 0 Å². The van der Waals surface area contributed by atoms with E-state index in [-0.39, 0.29) is 18.6 Å². The van der Waals surface area contributed by atoms with E-state index in [9.17, 15) is 9.59 Å². The molecule has 3 aromatic rings. The van der Waals surface area contributed by atoms with Gasteiger partial charge in [0.05, 0.1) is 5.56 Å².